The summed E-state index contributed by atoms with van der Waals surface area (Å²) in [6.07, 6.45) is -4.95. The fraction of sp³-hybridized carbons (Fsp3) is 0.600. The highest BCUT2D eigenvalue weighted by Crippen LogP contribution is 2.05. The number of hydrogen-bond acceptors (Lipinski definition) is 2. The number of carboxylic acids is 1. The van der Waals surface area contributed by atoms with Crippen molar-refractivity contribution in [1.82, 2.24) is 5.31 Å². The standard InChI is InChI=1S/C5H7NO3/c7-4-2-1-3(6-4)5(8)9/h3H,1-2H2,(H,6,7)(H,8,9)/t3-/m0/s1/i1D2,2D,3D/hD/t2?,3-. The van der Waals surface area contributed by atoms with Gasteiger partial charge in [-0.05, 0) is 6.37 Å². The van der Waals surface area contributed by atoms with Gasteiger partial charge in [0.15, 0.2) is 1.41 Å². The Morgan fingerprint density at radius 3 is 3.11 bits per heavy atom. The van der Waals surface area contributed by atoms with Crippen molar-refractivity contribution in [2.24, 2.45) is 0 Å². The van der Waals surface area contributed by atoms with Crippen LogP contribution in [0.5, 0.6) is 0 Å². The number of rotatable bonds is 1. The first-order valence-corrected chi connectivity index (χ1v) is 2.16. The molecule has 1 amide bonds. The van der Waals surface area contributed by atoms with Crippen LogP contribution in [0.1, 0.15) is 18.3 Å². The van der Waals surface area contributed by atoms with E-state index in [-0.39, 0.29) is 5.31 Å². The molecule has 0 aliphatic carbocycles. The van der Waals surface area contributed by atoms with Crippen molar-refractivity contribution in [2.75, 3.05) is 0 Å². The smallest absolute Gasteiger partial charge is 0.326 e. The van der Waals surface area contributed by atoms with Crippen LogP contribution < -0.4 is 5.31 Å². The van der Waals surface area contributed by atoms with Crippen molar-refractivity contribution >= 4 is 11.9 Å². The van der Waals surface area contributed by atoms with Crippen molar-refractivity contribution in [3.05, 3.63) is 0 Å². The molecule has 2 N–H and O–H groups in total. The molecule has 0 aromatic rings. The van der Waals surface area contributed by atoms with Crippen molar-refractivity contribution in [3.63, 3.8) is 0 Å². The molecule has 0 aromatic heterocycles. The van der Waals surface area contributed by atoms with Crippen LogP contribution in [-0.4, -0.2) is 23.0 Å². The Kier molecular flexibility index (Phi) is 0.519. The Bertz CT molecular complexity index is 308. The molecule has 1 unspecified atom stereocenters. The van der Waals surface area contributed by atoms with Gasteiger partial charge < -0.3 is 10.4 Å². The maximum Gasteiger partial charge on any atom is 0.326 e. The molecule has 0 bridgehead atoms. The van der Waals surface area contributed by atoms with E-state index in [0.29, 0.717) is 0 Å². The lowest BCUT2D eigenvalue weighted by Crippen LogP contribution is -2.32. The lowest BCUT2D eigenvalue weighted by Gasteiger charge is -1.99. The summed E-state index contributed by atoms with van der Waals surface area (Å²) < 4.78 is 35.6. The summed E-state index contributed by atoms with van der Waals surface area (Å²) >= 11 is 0. The molecule has 1 heterocycles. The zero-order chi connectivity index (χ0) is 11.3. The Balaban J connectivity index is 3.32. The molecule has 0 spiro atoms. The van der Waals surface area contributed by atoms with E-state index in [1.54, 1.807) is 0 Å². The van der Waals surface area contributed by atoms with Gasteiger partial charge in [-0.1, -0.05) is 0 Å². The molecule has 1 fully saturated rings. The van der Waals surface area contributed by atoms with E-state index < -0.39 is 30.7 Å². The van der Waals surface area contributed by atoms with Crippen LogP contribution in [0, 0.1) is 0 Å². The minimum absolute atomic E-state index is 0.299. The highest BCUT2D eigenvalue weighted by molar-refractivity contribution is 5.87. The molecular formula is C5H7NO3. The summed E-state index contributed by atoms with van der Waals surface area (Å²) in [5.74, 6) is -3.28. The van der Waals surface area contributed by atoms with Crippen LogP contribution in [0.25, 0.3) is 0 Å². The number of carbonyl (C=O) groups is 2. The van der Waals surface area contributed by atoms with Gasteiger partial charge in [0.25, 0.3) is 0 Å². The summed E-state index contributed by atoms with van der Waals surface area (Å²) in [6.45, 7) is 0. The summed E-state index contributed by atoms with van der Waals surface area (Å²) in [7, 11) is 0. The molecule has 0 saturated carbocycles. The first kappa shape index (κ1) is 2.28. The van der Waals surface area contributed by atoms with Gasteiger partial charge in [0.05, 0.1) is 1.37 Å². The van der Waals surface area contributed by atoms with E-state index in [1.807, 2.05) is 0 Å². The number of aliphatic carboxylic acids is 1. The van der Waals surface area contributed by atoms with E-state index >= 15 is 0 Å². The van der Waals surface area contributed by atoms with Gasteiger partial charge in [-0.3, -0.25) is 4.79 Å². The second-order valence-electron chi connectivity index (χ2n) is 1.39. The number of hydrogen-bond donors (Lipinski definition) is 2. The van der Waals surface area contributed by atoms with Crippen molar-refractivity contribution in [3.8, 4) is 0 Å². The average Bonchev–Trinajstić information content (AvgIpc) is 2.20. The van der Waals surface area contributed by atoms with Crippen LogP contribution in [-0.2, 0) is 9.59 Å². The third-order valence-corrected chi connectivity index (χ3v) is 0.757. The molecule has 1 aliphatic heterocycles. The van der Waals surface area contributed by atoms with Gasteiger partial charge in [0, 0.05) is 10.5 Å². The van der Waals surface area contributed by atoms with Crippen LogP contribution in [0.2, 0.25) is 1.41 Å². The number of amides is 1. The number of nitrogens with one attached hydrogen (secondary N) is 1. The fourth-order valence-electron chi connectivity index (χ4n) is 0.414. The zero-order valence-corrected chi connectivity index (χ0v) is 4.29. The SMILES string of the molecule is [2H]C1C(=O)N([2H])[C@]([2H])(C(=O)O)C1([2H])[2H]. The summed E-state index contributed by atoms with van der Waals surface area (Å²) in [5.41, 5.74) is 0. The molecule has 4 heteroatoms. The lowest BCUT2D eigenvalue weighted by atomic mass is 10.2. The molecule has 0 radical (unpaired) electrons. The van der Waals surface area contributed by atoms with Crippen molar-refractivity contribution < 1.29 is 21.6 Å². The van der Waals surface area contributed by atoms with Gasteiger partial charge in [0.1, 0.15) is 6.02 Å². The first-order chi connectivity index (χ1) is 6.17. The van der Waals surface area contributed by atoms with E-state index in [9.17, 15) is 9.59 Å². The average molecular weight is 134 g/mol. The second kappa shape index (κ2) is 2.05. The van der Waals surface area contributed by atoms with Crippen LogP contribution in [0.4, 0.5) is 0 Å². The minimum atomic E-state index is -3.05. The fourth-order valence-corrected chi connectivity index (χ4v) is 0.414. The number of carbonyl (C=O) groups excluding carboxylic acids is 1. The molecule has 4 nitrogen and oxygen atoms in total. The molecule has 2 atom stereocenters. The maximum absolute atomic E-state index is 11.0. The molecule has 9 heavy (non-hydrogen) atoms. The van der Waals surface area contributed by atoms with Gasteiger partial charge in [-0.15, -0.1) is 0 Å². The summed E-state index contributed by atoms with van der Waals surface area (Å²) in [6, 6.07) is -3.05. The van der Waals surface area contributed by atoms with Gasteiger partial charge in [-0.2, -0.15) is 0 Å². The van der Waals surface area contributed by atoms with Crippen molar-refractivity contribution in [2.45, 2.75) is 18.8 Å². The Labute approximate surface area is 58.9 Å². The second-order valence-corrected chi connectivity index (χ2v) is 1.39. The van der Waals surface area contributed by atoms with E-state index in [1.165, 1.54) is 0 Å². The van der Waals surface area contributed by atoms with Crippen molar-refractivity contribution in [1.29, 1.82) is 0 Å². The number of carboxylic acid groups (broad SMARTS) is 1. The van der Waals surface area contributed by atoms with E-state index in [0.717, 1.165) is 0 Å². The maximum atomic E-state index is 11.0. The minimum Gasteiger partial charge on any atom is -0.480 e. The van der Waals surface area contributed by atoms with Crippen LogP contribution >= 0.6 is 0 Å². The molecule has 1 aliphatic rings. The monoisotopic (exact) mass is 134 g/mol. The Hall–Kier alpha value is -1.06. The molecular weight excluding hydrogens is 122 g/mol. The zero-order valence-electron chi connectivity index (χ0n) is 9.29. The highest BCUT2D eigenvalue weighted by Gasteiger charge is 2.26. The normalized spacial score (nSPS) is 56.9. The third kappa shape index (κ3) is 1.19. The molecule has 1 saturated heterocycles. The quantitative estimate of drug-likeness (QED) is 0.500. The predicted octanol–water partition coefficient (Wildman–Crippen LogP) is -0.650. The third-order valence-electron chi connectivity index (χ3n) is 0.757. The van der Waals surface area contributed by atoms with Gasteiger partial charge in [-0.25, -0.2) is 4.79 Å². The van der Waals surface area contributed by atoms with Crippen LogP contribution in [0.3, 0.4) is 0 Å². The summed E-state index contributed by atoms with van der Waals surface area (Å²) in [4.78, 5) is 21.6. The lowest BCUT2D eigenvalue weighted by molar-refractivity contribution is -0.140. The van der Waals surface area contributed by atoms with Gasteiger partial charge >= 0.3 is 5.97 Å². The van der Waals surface area contributed by atoms with E-state index in [4.69, 9.17) is 12.0 Å². The molecule has 50 valence electrons. The van der Waals surface area contributed by atoms with Crippen LogP contribution in [0.15, 0.2) is 0 Å². The molecule has 1 rings (SSSR count). The Morgan fingerprint density at radius 1 is 2.22 bits per heavy atom. The first-order valence-electron chi connectivity index (χ1n) is 4.68. The topological polar surface area (TPSA) is 66.4 Å². The largest absolute Gasteiger partial charge is 0.480 e. The van der Waals surface area contributed by atoms with E-state index in [2.05, 4.69) is 0 Å². The predicted molar refractivity (Wildman–Crippen MR) is 28.8 cm³/mol. The Morgan fingerprint density at radius 2 is 2.89 bits per heavy atom. The summed E-state index contributed by atoms with van der Waals surface area (Å²) in [5, 5.41) is 8.29. The molecule has 0 aromatic carbocycles. The van der Waals surface area contributed by atoms with Gasteiger partial charge in [0.2, 0.25) is 5.91 Å². The highest BCUT2D eigenvalue weighted by atomic mass is 16.4.